The second-order valence-electron chi connectivity index (χ2n) is 8.04. The van der Waals surface area contributed by atoms with Gasteiger partial charge in [-0.05, 0) is 80.3 Å². The van der Waals surface area contributed by atoms with Crippen LogP contribution in [0.25, 0.3) is 0 Å². The maximum absolute atomic E-state index is 12.9. The summed E-state index contributed by atoms with van der Waals surface area (Å²) in [7, 11) is -3.65. The second kappa shape index (κ2) is 8.36. The zero-order chi connectivity index (χ0) is 21.2. The van der Waals surface area contributed by atoms with E-state index in [9.17, 15) is 8.42 Å². The molecule has 6 heteroatoms. The van der Waals surface area contributed by atoms with Crippen LogP contribution in [0.1, 0.15) is 31.4 Å². The Hall–Kier alpha value is -2.44. The van der Waals surface area contributed by atoms with E-state index in [1.165, 1.54) is 4.90 Å². The van der Waals surface area contributed by atoms with E-state index >= 15 is 0 Å². The van der Waals surface area contributed by atoms with Crippen LogP contribution in [0.3, 0.4) is 0 Å². The van der Waals surface area contributed by atoms with Gasteiger partial charge in [-0.25, -0.2) is 8.42 Å². The van der Waals surface area contributed by atoms with Gasteiger partial charge in [-0.15, -0.1) is 11.8 Å². The first-order valence-electron chi connectivity index (χ1n) is 9.92. The number of anilines is 1. The molecule has 1 N–H and O–H groups in total. The van der Waals surface area contributed by atoms with Crippen LogP contribution < -0.4 is 9.46 Å². The minimum Gasteiger partial charge on any atom is -0.488 e. The topological polar surface area (TPSA) is 55.4 Å². The molecule has 3 aromatic rings. The monoisotopic (exact) mass is 439 g/mol. The summed E-state index contributed by atoms with van der Waals surface area (Å²) in [5, 5.41) is 0. The highest BCUT2D eigenvalue weighted by atomic mass is 32.2. The third kappa shape index (κ3) is 4.99. The number of hydrogen-bond donors (Lipinski definition) is 1. The first-order valence-corrected chi connectivity index (χ1v) is 12.4. The Balaban J connectivity index is 1.43. The Morgan fingerprint density at radius 2 is 1.73 bits per heavy atom. The van der Waals surface area contributed by atoms with Crippen molar-refractivity contribution in [3.05, 3.63) is 83.9 Å². The molecule has 30 heavy (non-hydrogen) atoms. The minimum atomic E-state index is -3.65. The van der Waals surface area contributed by atoms with Gasteiger partial charge >= 0.3 is 0 Å². The van der Waals surface area contributed by atoms with Crippen LogP contribution in [-0.2, 0) is 22.2 Å². The van der Waals surface area contributed by atoms with E-state index in [0.29, 0.717) is 5.69 Å². The molecule has 0 aromatic heterocycles. The fraction of sp³-hybridized carbons (Fsp3) is 0.250. The molecular weight excluding hydrogens is 414 g/mol. The van der Waals surface area contributed by atoms with Gasteiger partial charge in [-0.1, -0.05) is 30.3 Å². The summed E-state index contributed by atoms with van der Waals surface area (Å²) in [4.78, 5) is 1.47. The molecule has 156 valence electrons. The molecule has 3 aromatic carbocycles. The van der Waals surface area contributed by atoms with Crippen LogP contribution in [0.5, 0.6) is 5.75 Å². The molecule has 0 bridgehead atoms. The molecule has 1 aliphatic heterocycles. The number of ether oxygens (including phenoxy) is 1. The third-order valence-corrected chi connectivity index (χ3v) is 7.54. The van der Waals surface area contributed by atoms with E-state index in [4.69, 9.17) is 4.74 Å². The van der Waals surface area contributed by atoms with Crippen LogP contribution in [0.2, 0.25) is 0 Å². The molecule has 0 fully saturated rings. The van der Waals surface area contributed by atoms with E-state index in [0.717, 1.165) is 35.5 Å². The zero-order valence-electron chi connectivity index (χ0n) is 17.1. The smallest absolute Gasteiger partial charge is 0.261 e. The standard InChI is InChI=1S/C24H25NO3S2/c1-24(2)15-14-19-16-22(12-13-23(19)28-24)30(26,27)25-20-10-8-18(9-11-20)17-29-21-6-4-3-5-7-21/h3-13,16,25H,14-15,17H2,1-2H3. The van der Waals surface area contributed by atoms with Crippen LogP contribution >= 0.6 is 11.8 Å². The summed E-state index contributed by atoms with van der Waals surface area (Å²) in [6.07, 6.45) is 1.67. The largest absolute Gasteiger partial charge is 0.488 e. The molecule has 1 aliphatic rings. The summed E-state index contributed by atoms with van der Waals surface area (Å²) in [6, 6.07) is 22.8. The maximum Gasteiger partial charge on any atom is 0.261 e. The molecule has 0 spiro atoms. The first-order chi connectivity index (χ1) is 14.3. The Morgan fingerprint density at radius 3 is 2.47 bits per heavy atom. The Labute approximate surface area is 182 Å². The molecule has 0 aliphatic carbocycles. The lowest BCUT2D eigenvalue weighted by Crippen LogP contribution is -2.32. The summed E-state index contributed by atoms with van der Waals surface area (Å²) < 4.78 is 34.3. The van der Waals surface area contributed by atoms with Crippen molar-refractivity contribution in [1.82, 2.24) is 0 Å². The van der Waals surface area contributed by atoms with Crippen molar-refractivity contribution in [2.24, 2.45) is 0 Å². The highest BCUT2D eigenvalue weighted by Gasteiger charge is 2.27. The SMILES string of the molecule is CC1(C)CCc2cc(S(=O)(=O)Nc3ccc(CSc4ccccc4)cc3)ccc2O1. The van der Waals surface area contributed by atoms with Crippen LogP contribution in [0.15, 0.2) is 82.6 Å². The van der Waals surface area contributed by atoms with Gasteiger partial charge in [0.1, 0.15) is 11.4 Å². The van der Waals surface area contributed by atoms with Gasteiger partial charge in [0, 0.05) is 16.3 Å². The van der Waals surface area contributed by atoms with Crippen molar-refractivity contribution < 1.29 is 13.2 Å². The predicted molar refractivity (Wildman–Crippen MR) is 123 cm³/mol. The minimum absolute atomic E-state index is 0.216. The fourth-order valence-corrected chi connectivity index (χ4v) is 5.35. The number of thioether (sulfide) groups is 1. The molecule has 1 heterocycles. The van der Waals surface area contributed by atoms with E-state index < -0.39 is 10.0 Å². The van der Waals surface area contributed by atoms with Crippen molar-refractivity contribution >= 4 is 27.5 Å². The predicted octanol–water partition coefficient (Wildman–Crippen LogP) is 5.88. The lowest BCUT2D eigenvalue weighted by atomic mass is 9.94. The van der Waals surface area contributed by atoms with Gasteiger partial charge < -0.3 is 4.74 Å². The average molecular weight is 440 g/mol. The molecule has 0 radical (unpaired) electrons. The van der Waals surface area contributed by atoms with Crippen LogP contribution in [0.4, 0.5) is 5.69 Å². The number of hydrogen-bond acceptors (Lipinski definition) is 4. The van der Waals surface area contributed by atoms with E-state index in [2.05, 4.69) is 16.9 Å². The highest BCUT2D eigenvalue weighted by molar-refractivity contribution is 7.98. The van der Waals surface area contributed by atoms with Crippen molar-refractivity contribution in [3.8, 4) is 5.75 Å². The molecule has 0 saturated carbocycles. The number of fused-ring (bicyclic) bond motifs is 1. The number of aryl methyl sites for hydroxylation is 1. The van der Waals surface area contributed by atoms with Crippen molar-refractivity contribution in [2.45, 2.75) is 47.8 Å². The van der Waals surface area contributed by atoms with Gasteiger partial charge in [0.2, 0.25) is 0 Å². The summed E-state index contributed by atoms with van der Waals surface area (Å²) >= 11 is 1.75. The van der Waals surface area contributed by atoms with Gasteiger partial charge in [0.05, 0.1) is 4.90 Å². The fourth-order valence-electron chi connectivity index (χ4n) is 3.37. The van der Waals surface area contributed by atoms with E-state index in [1.54, 1.807) is 30.0 Å². The molecule has 0 saturated heterocycles. The quantitative estimate of drug-likeness (QED) is 0.487. The lowest BCUT2D eigenvalue weighted by Gasteiger charge is -2.32. The summed E-state index contributed by atoms with van der Waals surface area (Å²) in [6.45, 7) is 4.09. The first kappa shape index (κ1) is 20.8. The number of nitrogens with one attached hydrogen (secondary N) is 1. The van der Waals surface area contributed by atoms with Gasteiger partial charge in [0.15, 0.2) is 0 Å². The summed E-state index contributed by atoms with van der Waals surface area (Å²) in [5.74, 6) is 1.60. The van der Waals surface area contributed by atoms with Gasteiger partial charge in [-0.3, -0.25) is 4.72 Å². The lowest BCUT2D eigenvalue weighted by molar-refractivity contribution is 0.0845. The molecule has 0 unspecified atom stereocenters. The van der Waals surface area contributed by atoms with Crippen LogP contribution in [-0.4, -0.2) is 14.0 Å². The van der Waals surface area contributed by atoms with E-state index in [1.807, 2.05) is 56.3 Å². The molecule has 0 amide bonds. The Morgan fingerprint density at radius 1 is 1.00 bits per heavy atom. The normalized spacial score (nSPS) is 15.1. The summed E-state index contributed by atoms with van der Waals surface area (Å²) in [5.41, 5.74) is 2.41. The maximum atomic E-state index is 12.9. The Bertz CT molecular complexity index is 1120. The number of benzene rings is 3. The molecule has 4 nitrogen and oxygen atoms in total. The zero-order valence-corrected chi connectivity index (χ0v) is 18.7. The van der Waals surface area contributed by atoms with Gasteiger partial charge in [0.25, 0.3) is 10.0 Å². The highest BCUT2D eigenvalue weighted by Crippen LogP contribution is 2.34. The van der Waals surface area contributed by atoms with Crippen LogP contribution in [0, 0.1) is 0 Å². The molecule has 0 atom stereocenters. The van der Waals surface area contributed by atoms with Crippen molar-refractivity contribution in [1.29, 1.82) is 0 Å². The number of rotatable bonds is 6. The van der Waals surface area contributed by atoms with Crippen molar-refractivity contribution in [2.75, 3.05) is 4.72 Å². The van der Waals surface area contributed by atoms with Gasteiger partial charge in [-0.2, -0.15) is 0 Å². The number of sulfonamides is 1. The average Bonchev–Trinajstić information content (AvgIpc) is 2.73. The molecule has 4 rings (SSSR count). The van der Waals surface area contributed by atoms with E-state index in [-0.39, 0.29) is 10.5 Å². The molecular formula is C24H25NO3S2. The second-order valence-corrected chi connectivity index (χ2v) is 10.8. The third-order valence-electron chi connectivity index (χ3n) is 5.08. The van der Waals surface area contributed by atoms with Crippen molar-refractivity contribution in [3.63, 3.8) is 0 Å². The Kier molecular flexibility index (Phi) is 5.80.